The molecule has 3 atom stereocenters. The van der Waals surface area contributed by atoms with Crippen molar-refractivity contribution in [3.8, 4) is 0 Å². The molecule has 2 aliphatic rings. The molecule has 0 radical (unpaired) electrons. The summed E-state index contributed by atoms with van der Waals surface area (Å²) < 4.78 is 0. The standard InChI is InChI=1S/C13H25N3O/c1-10(9-16-7-3-6-13(16)17)15-12-5-2-4-11(12)8-14/h10-12,15H,2-9,14H2,1H3. The van der Waals surface area contributed by atoms with Gasteiger partial charge >= 0.3 is 0 Å². The summed E-state index contributed by atoms with van der Waals surface area (Å²) in [5.74, 6) is 0.951. The van der Waals surface area contributed by atoms with Crippen molar-refractivity contribution in [3.63, 3.8) is 0 Å². The molecular weight excluding hydrogens is 214 g/mol. The van der Waals surface area contributed by atoms with Crippen molar-refractivity contribution in [2.45, 2.75) is 51.1 Å². The number of nitrogens with one attached hydrogen (secondary N) is 1. The van der Waals surface area contributed by atoms with Crippen LogP contribution in [0.4, 0.5) is 0 Å². The summed E-state index contributed by atoms with van der Waals surface area (Å²) >= 11 is 0. The molecule has 2 fully saturated rings. The van der Waals surface area contributed by atoms with E-state index in [-0.39, 0.29) is 0 Å². The van der Waals surface area contributed by atoms with Crippen molar-refractivity contribution < 1.29 is 4.79 Å². The maximum Gasteiger partial charge on any atom is 0.222 e. The molecule has 1 saturated carbocycles. The van der Waals surface area contributed by atoms with Gasteiger partial charge in [0.25, 0.3) is 0 Å². The maximum atomic E-state index is 11.5. The van der Waals surface area contributed by atoms with Gasteiger partial charge < -0.3 is 16.0 Å². The van der Waals surface area contributed by atoms with Crippen LogP contribution in [0, 0.1) is 5.92 Å². The summed E-state index contributed by atoms with van der Waals surface area (Å²) in [6.45, 7) is 4.76. The highest BCUT2D eigenvalue weighted by Crippen LogP contribution is 2.25. The lowest BCUT2D eigenvalue weighted by atomic mass is 10.0. The summed E-state index contributed by atoms with van der Waals surface area (Å²) in [6, 6.07) is 0.946. The van der Waals surface area contributed by atoms with Crippen LogP contribution >= 0.6 is 0 Å². The molecule has 2 rings (SSSR count). The predicted octanol–water partition coefficient (Wildman–Crippen LogP) is 0.714. The van der Waals surface area contributed by atoms with Gasteiger partial charge in [0.2, 0.25) is 5.91 Å². The molecule has 3 N–H and O–H groups in total. The normalized spacial score (nSPS) is 31.2. The van der Waals surface area contributed by atoms with Crippen LogP contribution in [-0.4, -0.2) is 42.5 Å². The third-order valence-corrected chi connectivity index (χ3v) is 4.13. The molecule has 1 heterocycles. The zero-order valence-electron chi connectivity index (χ0n) is 10.8. The van der Waals surface area contributed by atoms with Gasteiger partial charge in [0.15, 0.2) is 0 Å². The van der Waals surface area contributed by atoms with E-state index in [0.29, 0.717) is 23.9 Å². The molecule has 4 heteroatoms. The molecule has 4 nitrogen and oxygen atoms in total. The van der Waals surface area contributed by atoms with Gasteiger partial charge in [-0.3, -0.25) is 4.79 Å². The van der Waals surface area contributed by atoms with Crippen molar-refractivity contribution in [3.05, 3.63) is 0 Å². The zero-order valence-corrected chi connectivity index (χ0v) is 10.8. The Morgan fingerprint density at radius 1 is 1.47 bits per heavy atom. The molecule has 0 aromatic heterocycles. The van der Waals surface area contributed by atoms with Crippen molar-refractivity contribution in [1.29, 1.82) is 0 Å². The van der Waals surface area contributed by atoms with E-state index in [0.717, 1.165) is 32.5 Å². The van der Waals surface area contributed by atoms with Crippen LogP contribution in [0.5, 0.6) is 0 Å². The second-order valence-electron chi connectivity index (χ2n) is 5.54. The van der Waals surface area contributed by atoms with E-state index in [2.05, 4.69) is 12.2 Å². The number of likely N-dealkylation sites (tertiary alicyclic amines) is 1. The highest BCUT2D eigenvalue weighted by molar-refractivity contribution is 5.78. The summed E-state index contributed by atoms with van der Waals surface area (Å²) in [5.41, 5.74) is 5.78. The fourth-order valence-electron chi connectivity index (χ4n) is 3.18. The molecule has 1 amide bonds. The zero-order chi connectivity index (χ0) is 12.3. The minimum atomic E-state index is 0.320. The number of carbonyl (C=O) groups is 1. The van der Waals surface area contributed by atoms with Crippen LogP contribution in [0.15, 0.2) is 0 Å². The van der Waals surface area contributed by atoms with Gasteiger partial charge in [0.1, 0.15) is 0 Å². The first-order valence-electron chi connectivity index (χ1n) is 6.94. The van der Waals surface area contributed by atoms with Gasteiger partial charge in [0, 0.05) is 31.6 Å². The topological polar surface area (TPSA) is 58.4 Å². The van der Waals surface area contributed by atoms with Crippen LogP contribution in [0.2, 0.25) is 0 Å². The van der Waals surface area contributed by atoms with Gasteiger partial charge in [0.05, 0.1) is 0 Å². The molecule has 1 saturated heterocycles. The van der Waals surface area contributed by atoms with Gasteiger partial charge in [-0.2, -0.15) is 0 Å². The van der Waals surface area contributed by atoms with Crippen LogP contribution in [-0.2, 0) is 4.79 Å². The first-order valence-corrected chi connectivity index (χ1v) is 6.94. The van der Waals surface area contributed by atoms with Crippen molar-refractivity contribution in [2.24, 2.45) is 11.7 Å². The molecule has 0 aromatic rings. The molecule has 1 aliphatic heterocycles. The smallest absolute Gasteiger partial charge is 0.222 e. The molecule has 0 aromatic carbocycles. The largest absolute Gasteiger partial charge is 0.341 e. The van der Waals surface area contributed by atoms with E-state index < -0.39 is 0 Å². The van der Waals surface area contributed by atoms with Crippen LogP contribution in [0.1, 0.15) is 39.0 Å². The highest BCUT2D eigenvalue weighted by atomic mass is 16.2. The number of carbonyl (C=O) groups excluding carboxylic acids is 1. The lowest BCUT2D eigenvalue weighted by molar-refractivity contribution is -0.128. The van der Waals surface area contributed by atoms with E-state index in [9.17, 15) is 4.79 Å². The minimum Gasteiger partial charge on any atom is -0.341 e. The third-order valence-electron chi connectivity index (χ3n) is 4.13. The lowest BCUT2D eigenvalue weighted by Crippen LogP contribution is -2.46. The molecule has 0 spiro atoms. The minimum absolute atomic E-state index is 0.320. The number of rotatable bonds is 5. The van der Waals surface area contributed by atoms with E-state index in [1.807, 2.05) is 4.90 Å². The quantitative estimate of drug-likeness (QED) is 0.743. The fraction of sp³-hybridized carbons (Fsp3) is 0.923. The maximum absolute atomic E-state index is 11.5. The number of nitrogens with zero attached hydrogens (tertiary/aromatic N) is 1. The summed E-state index contributed by atoms with van der Waals surface area (Å²) in [7, 11) is 0. The second-order valence-corrected chi connectivity index (χ2v) is 5.54. The van der Waals surface area contributed by atoms with Gasteiger partial charge in [-0.15, -0.1) is 0 Å². The molecule has 0 bridgehead atoms. The number of nitrogens with two attached hydrogens (primary N) is 1. The van der Waals surface area contributed by atoms with Crippen molar-refractivity contribution in [2.75, 3.05) is 19.6 Å². The van der Waals surface area contributed by atoms with Crippen LogP contribution < -0.4 is 11.1 Å². The average molecular weight is 239 g/mol. The average Bonchev–Trinajstić information content (AvgIpc) is 2.89. The Balaban J connectivity index is 1.76. The number of amides is 1. The van der Waals surface area contributed by atoms with Crippen LogP contribution in [0.3, 0.4) is 0 Å². The fourth-order valence-corrected chi connectivity index (χ4v) is 3.18. The highest BCUT2D eigenvalue weighted by Gasteiger charge is 2.28. The summed E-state index contributed by atoms with van der Waals surface area (Å²) in [4.78, 5) is 13.5. The Morgan fingerprint density at radius 3 is 2.94 bits per heavy atom. The van der Waals surface area contributed by atoms with Crippen LogP contribution in [0.25, 0.3) is 0 Å². The summed E-state index contributed by atoms with van der Waals surface area (Å²) in [6.07, 6.45) is 5.54. The number of hydrogen-bond donors (Lipinski definition) is 2. The third kappa shape index (κ3) is 3.19. The Kier molecular flexibility index (Phi) is 4.40. The van der Waals surface area contributed by atoms with E-state index in [1.54, 1.807) is 0 Å². The lowest BCUT2D eigenvalue weighted by Gasteiger charge is -2.27. The second kappa shape index (κ2) is 5.83. The molecule has 17 heavy (non-hydrogen) atoms. The van der Waals surface area contributed by atoms with Gasteiger partial charge in [-0.1, -0.05) is 6.42 Å². The molecular formula is C13H25N3O. The Morgan fingerprint density at radius 2 is 2.29 bits per heavy atom. The Bertz CT molecular complexity index is 269. The SMILES string of the molecule is CC(CN1CCCC1=O)NC1CCCC1CN. The number of hydrogen-bond acceptors (Lipinski definition) is 3. The first-order chi connectivity index (χ1) is 8.20. The molecule has 3 unspecified atom stereocenters. The Labute approximate surface area is 104 Å². The van der Waals surface area contributed by atoms with E-state index >= 15 is 0 Å². The van der Waals surface area contributed by atoms with Gasteiger partial charge in [-0.25, -0.2) is 0 Å². The first kappa shape index (κ1) is 12.8. The summed E-state index contributed by atoms with van der Waals surface area (Å²) in [5, 5.41) is 3.65. The molecule has 1 aliphatic carbocycles. The van der Waals surface area contributed by atoms with Crippen molar-refractivity contribution in [1.82, 2.24) is 10.2 Å². The van der Waals surface area contributed by atoms with Gasteiger partial charge in [-0.05, 0) is 38.6 Å². The van der Waals surface area contributed by atoms with Crippen molar-refractivity contribution >= 4 is 5.91 Å². The molecule has 98 valence electrons. The monoisotopic (exact) mass is 239 g/mol. The van der Waals surface area contributed by atoms with E-state index in [1.165, 1.54) is 19.3 Å². The van der Waals surface area contributed by atoms with E-state index in [4.69, 9.17) is 5.73 Å². The Hall–Kier alpha value is -0.610. The predicted molar refractivity (Wildman–Crippen MR) is 68.6 cm³/mol.